The molecule has 0 aromatic carbocycles. The Hall–Kier alpha value is -0.780. The fourth-order valence-electron chi connectivity index (χ4n) is 1.07. The van der Waals surface area contributed by atoms with Gasteiger partial charge in [-0.15, -0.1) is 0 Å². The third-order valence-corrected chi connectivity index (χ3v) is 2.23. The number of H-pyrrole nitrogens is 1. The number of aromatic nitrogens is 2. The van der Waals surface area contributed by atoms with Gasteiger partial charge in [0.1, 0.15) is 5.75 Å². The maximum Gasteiger partial charge on any atom is 0.139 e. The molecule has 0 atom stereocenters. The summed E-state index contributed by atoms with van der Waals surface area (Å²) >= 11 is 2.22. The van der Waals surface area contributed by atoms with Crippen LogP contribution in [0.3, 0.4) is 0 Å². The summed E-state index contributed by atoms with van der Waals surface area (Å²) < 4.78 is 6.13. The Bertz CT molecular complexity index is 410. The van der Waals surface area contributed by atoms with E-state index in [2.05, 4.69) is 32.6 Å². The predicted octanol–water partition coefficient (Wildman–Crippen LogP) is 2.18. The van der Waals surface area contributed by atoms with Crippen molar-refractivity contribution in [1.82, 2.24) is 9.97 Å². The Kier molecular flexibility index (Phi) is 1.92. The summed E-state index contributed by atoms with van der Waals surface area (Å²) in [6, 6.07) is 3.93. The predicted molar refractivity (Wildman–Crippen MR) is 55.4 cm³/mol. The molecule has 0 aliphatic heterocycles. The summed E-state index contributed by atoms with van der Waals surface area (Å²) in [5, 5.41) is 0. The SMILES string of the molecule is COc1cnc2cc(I)[nH]c2c1. The highest BCUT2D eigenvalue weighted by Gasteiger charge is 2.00. The fourth-order valence-corrected chi connectivity index (χ4v) is 1.65. The molecule has 0 amide bonds. The average molecular weight is 274 g/mol. The van der Waals surface area contributed by atoms with Crippen LogP contribution < -0.4 is 4.74 Å². The third kappa shape index (κ3) is 1.26. The van der Waals surface area contributed by atoms with Gasteiger partial charge in [0.25, 0.3) is 0 Å². The largest absolute Gasteiger partial charge is 0.495 e. The number of hydrogen-bond donors (Lipinski definition) is 1. The number of nitrogens with zero attached hydrogens (tertiary/aromatic N) is 1. The summed E-state index contributed by atoms with van der Waals surface area (Å²) in [5.74, 6) is 0.778. The second kappa shape index (κ2) is 2.93. The van der Waals surface area contributed by atoms with Gasteiger partial charge in [-0.1, -0.05) is 0 Å². The van der Waals surface area contributed by atoms with E-state index in [1.807, 2.05) is 12.1 Å². The maximum atomic E-state index is 5.05. The number of rotatable bonds is 1. The van der Waals surface area contributed by atoms with Crippen molar-refractivity contribution < 1.29 is 4.74 Å². The van der Waals surface area contributed by atoms with Gasteiger partial charge in [-0.3, -0.25) is 4.98 Å². The molecule has 3 nitrogen and oxygen atoms in total. The fraction of sp³-hybridized carbons (Fsp3) is 0.125. The molecule has 1 N–H and O–H groups in total. The number of methoxy groups -OCH3 is 1. The Balaban J connectivity index is 2.66. The zero-order valence-corrected chi connectivity index (χ0v) is 8.62. The van der Waals surface area contributed by atoms with Gasteiger partial charge in [-0.2, -0.15) is 0 Å². The molecular weight excluding hydrogens is 267 g/mol. The molecule has 0 aliphatic rings. The first-order valence-electron chi connectivity index (χ1n) is 3.48. The van der Waals surface area contributed by atoms with Crippen LogP contribution in [0, 0.1) is 3.70 Å². The van der Waals surface area contributed by atoms with Gasteiger partial charge in [0.2, 0.25) is 0 Å². The summed E-state index contributed by atoms with van der Waals surface area (Å²) in [6.07, 6.45) is 1.71. The van der Waals surface area contributed by atoms with Crippen LogP contribution in [0.4, 0.5) is 0 Å². The Labute approximate surface area is 83.3 Å². The van der Waals surface area contributed by atoms with Crippen LogP contribution in [-0.2, 0) is 0 Å². The van der Waals surface area contributed by atoms with Gasteiger partial charge in [-0.05, 0) is 28.7 Å². The van der Waals surface area contributed by atoms with E-state index in [0.717, 1.165) is 20.5 Å². The van der Waals surface area contributed by atoms with Gasteiger partial charge in [0.15, 0.2) is 0 Å². The van der Waals surface area contributed by atoms with E-state index < -0.39 is 0 Å². The lowest BCUT2D eigenvalue weighted by Crippen LogP contribution is -1.83. The number of halogens is 1. The molecule has 0 saturated carbocycles. The minimum absolute atomic E-state index is 0.778. The second-order valence-corrected chi connectivity index (χ2v) is 3.59. The van der Waals surface area contributed by atoms with Crippen LogP contribution in [-0.4, -0.2) is 17.1 Å². The normalized spacial score (nSPS) is 10.5. The summed E-state index contributed by atoms with van der Waals surface area (Å²) in [5.41, 5.74) is 1.99. The molecule has 2 aromatic heterocycles. The molecule has 0 aliphatic carbocycles. The molecule has 12 heavy (non-hydrogen) atoms. The first-order chi connectivity index (χ1) is 5.79. The standard InChI is InChI=1S/C8H7IN2O/c1-12-5-2-7-6(10-4-5)3-8(9)11-7/h2-4,11H,1H3. The average Bonchev–Trinajstić information content (AvgIpc) is 2.43. The van der Waals surface area contributed by atoms with E-state index in [1.165, 1.54) is 0 Å². The van der Waals surface area contributed by atoms with E-state index in [1.54, 1.807) is 13.3 Å². The zero-order valence-electron chi connectivity index (χ0n) is 6.47. The number of aromatic amines is 1. The van der Waals surface area contributed by atoms with E-state index in [0.29, 0.717) is 0 Å². The van der Waals surface area contributed by atoms with Crippen molar-refractivity contribution in [2.45, 2.75) is 0 Å². The number of pyridine rings is 1. The molecule has 0 saturated heterocycles. The molecule has 0 unspecified atom stereocenters. The molecule has 62 valence electrons. The molecule has 2 aromatic rings. The van der Waals surface area contributed by atoms with Crippen LogP contribution in [0.15, 0.2) is 18.3 Å². The Morgan fingerprint density at radius 3 is 3.08 bits per heavy atom. The highest BCUT2D eigenvalue weighted by Crippen LogP contribution is 2.18. The van der Waals surface area contributed by atoms with E-state index in [-0.39, 0.29) is 0 Å². The van der Waals surface area contributed by atoms with E-state index in [4.69, 9.17) is 4.74 Å². The molecule has 2 rings (SSSR count). The monoisotopic (exact) mass is 274 g/mol. The van der Waals surface area contributed by atoms with Crippen molar-refractivity contribution in [2.75, 3.05) is 7.11 Å². The Morgan fingerprint density at radius 1 is 1.50 bits per heavy atom. The van der Waals surface area contributed by atoms with Gasteiger partial charge in [0, 0.05) is 6.07 Å². The highest BCUT2D eigenvalue weighted by atomic mass is 127. The van der Waals surface area contributed by atoms with Crippen molar-refractivity contribution >= 4 is 33.6 Å². The zero-order chi connectivity index (χ0) is 8.55. The van der Waals surface area contributed by atoms with E-state index in [9.17, 15) is 0 Å². The van der Waals surface area contributed by atoms with Crippen LogP contribution >= 0.6 is 22.6 Å². The summed E-state index contributed by atoms with van der Waals surface area (Å²) in [7, 11) is 1.64. The quantitative estimate of drug-likeness (QED) is 0.809. The number of fused-ring (bicyclic) bond motifs is 1. The van der Waals surface area contributed by atoms with Gasteiger partial charge >= 0.3 is 0 Å². The van der Waals surface area contributed by atoms with Crippen LogP contribution in [0.2, 0.25) is 0 Å². The topological polar surface area (TPSA) is 37.9 Å². The number of hydrogen-bond acceptors (Lipinski definition) is 2. The maximum absolute atomic E-state index is 5.05. The number of ether oxygens (including phenoxy) is 1. The Morgan fingerprint density at radius 2 is 2.33 bits per heavy atom. The van der Waals surface area contributed by atoms with Gasteiger partial charge < -0.3 is 9.72 Å². The molecule has 0 spiro atoms. The molecule has 4 heteroatoms. The molecule has 0 bridgehead atoms. The lowest BCUT2D eigenvalue weighted by atomic mass is 10.4. The lowest BCUT2D eigenvalue weighted by Gasteiger charge is -1.96. The van der Waals surface area contributed by atoms with Crippen molar-refractivity contribution in [3.63, 3.8) is 0 Å². The van der Waals surface area contributed by atoms with Crippen LogP contribution in [0.25, 0.3) is 11.0 Å². The van der Waals surface area contributed by atoms with Crippen molar-refractivity contribution in [2.24, 2.45) is 0 Å². The molecule has 0 radical (unpaired) electrons. The smallest absolute Gasteiger partial charge is 0.139 e. The first kappa shape index (κ1) is 7.85. The molecule has 0 fully saturated rings. The van der Waals surface area contributed by atoms with Gasteiger partial charge in [0.05, 0.1) is 28.0 Å². The first-order valence-corrected chi connectivity index (χ1v) is 4.56. The van der Waals surface area contributed by atoms with Crippen LogP contribution in [0.5, 0.6) is 5.75 Å². The molecule has 2 heterocycles. The molecular formula is C8H7IN2O. The third-order valence-electron chi connectivity index (χ3n) is 1.65. The second-order valence-electron chi connectivity index (χ2n) is 2.43. The van der Waals surface area contributed by atoms with Crippen molar-refractivity contribution in [3.05, 3.63) is 22.0 Å². The van der Waals surface area contributed by atoms with Crippen molar-refractivity contribution in [3.8, 4) is 5.75 Å². The van der Waals surface area contributed by atoms with Gasteiger partial charge in [-0.25, -0.2) is 0 Å². The van der Waals surface area contributed by atoms with Crippen LogP contribution in [0.1, 0.15) is 0 Å². The van der Waals surface area contributed by atoms with Crippen molar-refractivity contribution in [1.29, 1.82) is 0 Å². The minimum atomic E-state index is 0.778. The minimum Gasteiger partial charge on any atom is -0.495 e. The highest BCUT2D eigenvalue weighted by molar-refractivity contribution is 14.1. The lowest BCUT2D eigenvalue weighted by molar-refractivity contribution is 0.413. The summed E-state index contributed by atoms with van der Waals surface area (Å²) in [6.45, 7) is 0. The summed E-state index contributed by atoms with van der Waals surface area (Å²) in [4.78, 5) is 7.39. The van der Waals surface area contributed by atoms with E-state index >= 15 is 0 Å². The number of nitrogens with one attached hydrogen (secondary N) is 1.